The molecule has 0 radical (unpaired) electrons. The van der Waals surface area contributed by atoms with Gasteiger partial charge in [0.05, 0.1) is 6.20 Å². The second-order valence-electron chi connectivity index (χ2n) is 3.41. The third-order valence-corrected chi connectivity index (χ3v) is 1.62. The maximum atomic E-state index is 11.4. The first kappa shape index (κ1) is 9.73. The molecular formula is C8H13N3O2. The molecule has 0 aliphatic carbocycles. The van der Waals surface area contributed by atoms with Crippen LogP contribution in [0.4, 0.5) is 0 Å². The Morgan fingerprint density at radius 3 is 2.92 bits per heavy atom. The number of hydrogen-bond donors (Lipinski definition) is 2. The van der Waals surface area contributed by atoms with E-state index in [2.05, 4.69) is 10.3 Å². The van der Waals surface area contributed by atoms with Crippen LogP contribution in [-0.2, 0) is 0 Å². The zero-order valence-corrected chi connectivity index (χ0v) is 7.70. The van der Waals surface area contributed by atoms with Crippen molar-refractivity contribution in [1.29, 1.82) is 0 Å². The molecule has 1 rings (SSSR count). The zero-order chi connectivity index (χ0) is 9.90. The number of rotatable bonds is 3. The number of nitrogens with one attached hydrogen (secondary N) is 1. The monoisotopic (exact) mass is 183 g/mol. The van der Waals surface area contributed by atoms with Gasteiger partial charge in [0, 0.05) is 12.1 Å². The van der Waals surface area contributed by atoms with Gasteiger partial charge in [0.2, 0.25) is 5.76 Å². The number of nitrogens with zero attached hydrogens (tertiary/aromatic N) is 1. The van der Waals surface area contributed by atoms with Gasteiger partial charge in [0.25, 0.3) is 5.91 Å². The SMILES string of the molecule is CC(C)(CN)NC(=O)c1cnco1. The summed E-state index contributed by atoms with van der Waals surface area (Å²) in [5, 5.41) is 2.71. The highest BCUT2D eigenvalue weighted by Gasteiger charge is 2.20. The minimum atomic E-state index is -0.427. The van der Waals surface area contributed by atoms with Gasteiger partial charge in [-0.3, -0.25) is 4.79 Å². The summed E-state index contributed by atoms with van der Waals surface area (Å²) in [7, 11) is 0. The molecule has 0 bridgehead atoms. The van der Waals surface area contributed by atoms with E-state index in [1.165, 1.54) is 12.6 Å². The Kier molecular flexibility index (Phi) is 2.67. The van der Waals surface area contributed by atoms with E-state index in [1.54, 1.807) is 0 Å². The number of carbonyl (C=O) groups is 1. The lowest BCUT2D eigenvalue weighted by molar-refractivity contribution is 0.0887. The summed E-state index contributed by atoms with van der Waals surface area (Å²) in [4.78, 5) is 15.0. The van der Waals surface area contributed by atoms with E-state index in [0.717, 1.165) is 0 Å². The van der Waals surface area contributed by atoms with Gasteiger partial charge < -0.3 is 15.5 Å². The Balaban J connectivity index is 2.61. The Morgan fingerprint density at radius 1 is 1.77 bits per heavy atom. The Labute approximate surface area is 76.3 Å². The molecule has 0 saturated heterocycles. The van der Waals surface area contributed by atoms with E-state index in [-0.39, 0.29) is 11.7 Å². The molecule has 5 nitrogen and oxygen atoms in total. The third kappa shape index (κ3) is 2.55. The van der Waals surface area contributed by atoms with Crippen molar-refractivity contribution >= 4 is 5.91 Å². The molecular weight excluding hydrogens is 170 g/mol. The Hall–Kier alpha value is -1.36. The quantitative estimate of drug-likeness (QED) is 0.698. The molecule has 1 aromatic rings. The van der Waals surface area contributed by atoms with Gasteiger partial charge >= 0.3 is 0 Å². The van der Waals surface area contributed by atoms with Crippen molar-refractivity contribution in [3.05, 3.63) is 18.4 Å². The number of aromatic nitrogens is 1. The Bertz CT molecular complexity index is 280. The number of oxazole rings is 1. The van der Waals surface area contributed by atoms with Crippen molar-refractivity contribution in [2.45, 2.75) is 19.4 Å². The molecule has 0 aromatic carbocycles. The summed E-state index contributed by atoms with van der Waals surface area (Å²) in [5.74, 6) is -0.102. The molecule has 72 valence electrons. The average molecular weight is 183 g/mol. The van der Waals surface area contributed by atoms with E-state index < -0.39 is 5.54 Å². The zero-order valence-electron chi connectivity index (χ0n) is 7.70. The first-order chi connectivity index (χ1) is 6.05. The fourth-order valence-corrected chi connectivity index (χ4v) is 0.748. The van der Waals surface area contributed by atoms with Crippen LogP contribution in [0.1, 0.15) is 24.4 Å². The van der Waals surface area contributed by atoms with E-state index in [0.29, 0.717) is 6.54 Å². The lowest BCUT2D eigenvalue weighted by atomic mass is 10.1. The first-order valence-corrected chi connectivity index (χ1v) is 3.96. The van der Waals surface area contributed by atoms with Crippen LogP contribution in [0.2, 0.25) is 0 Å². The smallest absolute Gasteiger partial charge is 0.289 e. The summed E-state index contributed by atoms with van der Waals surface area (Å²) < 4.78 is 4.82. The molecule has 3 N–H and O–H groups in total. The first-order valence-electron chi connectivity index (χ1n) is 3.96. The van der Waals surface area contributed by atoms with Crippen molar-refractivity contribution in [1.82, 2.24) is 10.3 Å². The number of carbonyl (C=O) groups excluding carboxylic acids is 1. The van der Waals surface area contributed by atoms with Gasteiger partial charge in [-0.15, -0.1) is 0 Å². The maximum Gasteiger partial charge on any atom is 0.289 e. The molecule has 1 heterocycles. The van der Waals surface area contributed by atoms with Crippen LogP contribution in [0.25, 0.3) is 0 Å². The minimum Gasteiger partial charge on any atom is -0.438 e. The molecule has 0 aliphatic rings. The van der Waals surface area contributed by atoms with Gasteiger partial charge in [-0.25, -0.2) is 4.98 Å². The normalized spacial score (nSPS) is 11.3. The third-order valence-electron chi connectivity index (χ3n) is 1.62. The van der Waals surface area contributed by atoms with Crippen LogP contribution in [0.5, 0.6) is 0 Å². The van der Waals surface area contributed by atoms with Gasteiger partial charge in [-0.1, -0.05) is 0 Å². The molecule has 0 unspecified atom stereocenters. The number of amides is 1. The summed E-state index contributed by atoms with van der Waals surface area (Å²) in [6.07, 6.45) is 2.58. The van der Waals surface area contributed by atoms with Gasteiger partial charge in [-0.05, 0) is 13.8 Å². The predicted molar refractivity (Wildman–Crippen MR) is 47.1 cm³/mol. The van der Waals surface area contributed by atoms with Crippen molar-refractivity contribution in [3.8, 4) is 0 Å². The molecule has 0 spiro atoms. The lowest BCUT2D eigenvalue weighted by Gasteiger charge is -2.23. The highest BCUT2D eigenvalue weighted by atomic mass is 16.3. The van der Waals surface area contributed by atoms with E-state index >= 15 is 0 Å². The Morgan fingerprint density at radius 2 is 2.46 bits per heavy atom. The lowest BCUT2D eigenvalue weighted by Crippen LogP contribution is -2.48. The second-order valence-corrected chi connectivity index (χ2v) is 3.41. The van der Waals surface area contributed by atoms with Gasteiger partial charge in [-0.2, -0.15) is 0 Å². The number of nitrogens with two attached hydrogens (primary N) is 1. The molecule has 1 aromatic heterocycles. The number of hydrogen-bond acceptors (Lipinski definition) is 4. The summed E-state index contributed by atoms with van der Waals surface area (Å²) in [6.45, 7) is 4.04. The topological polar surface area (TPSA) is 81.1 Å². The van der Waals surface area contributed by atoms with Crippen molar-refractivity contribution in [2.75, 3.05) is 6.54 Å². The summed E-state index contributed by atoms with van der Waals surface area (Å²) in [5.41, 5.74) is 5.02. The highest BCUT2D eigenvalue weighted by molar-refractivity contribution is 5.91. The molecule has 5 heteroatoms. The highest BCUT2D eigenvalue weighted by Crippen LogP contribution is 2.02. The van der Waals surface area contributed by atoms with Gasteiger partial charge in [0.15, 0.2) is 6.39 Å². The fraction of sp³-hybridized carbons (Fsp3) is 0.500. The van der Waals surface area contributed by atoms with Crippen LogP contribution >= 0.6 is 0 Å². The van der Waals surface area contributed by atoms with E-state index in [1.807, 2.05) is 13.8 Å². The molecule has 1 amide bonds. The minimum absolute atomic E-state index is 0.196. The molecule has 0 atom stereocenters. The van der Waals surface area contributed by atoms with Crippen molar-refractivity contribution in [3.63, 3.8) is 0 Å². The largest absolute Gasteiger partial charge is 0.438 e. The summed E-state index contributed by atoms with van der Waals surface area (Å²) in [6, 6.07) is 0. The summed E-state index contributed by atoms with van der Waals surface area (Å²) >= 11 is 0. The standard InChI is InChI=1S/C8H13N3O2/c1-8(2,4-9)11-7(12)6-3-10-5-13-6/h3,5H,4,9H2,1-2H3,(H,11,12). The molecule has 0 saturated carbocycles. The van der Waals surface area contributed by atoms with Crippen molar-refractivity contribution < 1.29 is 9.21 Å². The van der Waals surface area contributed by atoms with E-state index in [9.17, 15) is 4.79 Å². The van der Waals surface area contributed by atoms with Crippen LogP contribution < -0.4 is 11.1 Å². The fourth-order valence-electron chi connectivity index (χ4n) is 0.748. The van der Waals surface area contributed by atoms with Gasteiger partial charge in [0.1, 0.15) is 0 Å². The van der Waals surface area contributed by atoms with E-state index in [4.69, 9.17) is 10.2 Å². The molecule has 0 fully saturated rings. The van der Waals surface area contributed by atoms with Crippen LogP contribution in [0.3, 0.4) is 0 Å². The molecule has 13 heavy (non-hydrogen) atoms. The second kappa shape index (κ2) is 3.57. The van der Waals surface area contributed by atoms with Crippen molar-refractivity contribution in [2.24, 2.45) is 5.73 Å². The molecule has 0 aliphatic heterocycles. The van der Waals surface area contributed by atoms with Crippen LogP contribution in [0.15, 0.2) is 17.0 Å². The maximum absolute atomic E-state index is 11.4. The van der Waals surface area contributed by atoms with Crippen LogP contribution in [0, 0.1) is 0 Å². The van der Waals surface area contributed by atoms with Crippen LogP contribution in [-0.4, -0.2) is 23.0 Å². The average Bonchev–Trinajstić information content (AvgIpc) is 2.55. The predicted octanol–water partition coefficient (Wildman–Crippen LogP) is 0.142.